The normalized spacial score (nSPS) is 29.4. The predicted octanol–water partition coefficient (Wildman–Crippen LogP) is 2.05. The van der Waals surface area contributed by atoms with Gasteiger partial charge in [-0.2, -0.15) is 0 Å². The molecule has 2 aliphatic rings. The molecule has 104 valence electrons. The van der Waals surface area contributed by atoms with Crippen molar-refractivity contribution in [2.45, 2.75) is 31.8 Å². The van der Waals surface area contributed by atoms with Gasteiger partial charge < -0.3 is 10.2 Å². The number of fused-ring (bicyclic) bond motifs is 1. The number of piperazine rings is 1. The summed E-state index contributed by atoms with van der Waals surface area (Å²) >= 11 is 0. The summed E-state index contributed by atoms with van der Waals surface area (Å²) in [4.78, 5) is 5.15. The standard InChI is InChI=1S/C16H25N3/c1-13-12-18(2)9-10-19(13)15-8-7-14-5-3-4-6-16(14)17-11-15/h3-6,13,15,17H,7-12H2,1-2H3. The van der Waals surface area contributed by atoms with Crippen LogP contribution in [0.5, 0.6) is 0 Å². The fraction of sp³-hybridized carbons (Fsp3) is 0.625. The van der Waals surface area contributed by atoms with Crippen LogP contribution in [0.15, 0.2) is 24.3 Å². The molecule has 2 heterocycles. The minimum Gasteiger partial charge on any atom is -0.383 e. The number of likely N-dealkylation sites (N-methyl/N-ethyl adjacent to an activating group) is 1. The number of nitrogens with zero attached hydrogens (tertiary/aromatic N) is 2. The zero-order chi connectivity index (χ0) is 13.2. The molecule has 3 heteroatoms. The van der Waals surface area contributed by atoms with Crippen LogP contribution in [-0.4, -0.2) is 55.1 Å². The Hall–Kier alpha value is -1.06. The largest absolute Gasteiger partial charge is 0.383 e. The van der Waals surface area contributed by atoms with E-state index in [-0.39, 0.29) is 0 Å². The molecule has 2 atom stereocenters. The molecular weight excluding hydrogens is 234 g/mol. The second-order valence-electron chi connectivity index (χ2n) is 6.08. The lowest BCUT2D eigenvalue weighted by Crippen LogP contribution is -2.55. The number of hydrogen-bond acceptors (Lipinski definition) is 3. The third-order valence-electron chi connectivity index (χ3n) is 4.64. The highest BCUT2D eigenvalue weighted by Crippen LogP contribution is 2.24. The van der Waals surface area contributed by atoms with E-state index in [0.717, 1.165) is 6.54 Å². The molecular formula is C16H25N3. The SMILES string of the molecule is CC1CN(C)CCN1C1CCc2ccccc2NC1. The van der Waals surface area contributed by atoms with Gasteiger partial charge in [0, 0.05) is 44.0 Å². The van der Waals surface area contributed by atoms with Crippen LogP contribution in [-0.2, 0) is 6.42 Å². The molecule has 0 saturated carbocycles. The van der Waals surface area contributed by atoms with Crippen molar-refractivity contribution < 1.29 is 0 Å². The number of nitrogens with one attached hydrogen (secondary N) is 1. The Kier molecular flexibility index (Phi) is 3.76. The van der Waals surface area contributed by atoms with Crippen LogP contribution < -0.4 is 5.32 Å². The lowest BCUT2D eigenvalue weighted by molar-refractivity contribution is 0.0628. The van der Waals surface area contributed by atoms with Gasteiger partial charge in [-0.25, -0.2) is 0 Å². The Bertz CT molecular complexity index is 405. The molecule has 3 rings (SSSR count). The van der Waals surface area contributed by atoms with Crippen molar-refractivity contribution in [1.29, 1.82) is 0 Å². The van der Waals surface area contributed by atoms with Gasteiger partial charge in [0.05, 0.1) is 0 Å². The number of rotatable bonds is 1. The van der Waals surface area contributed by atoms with E-state index < -0.39 is 0 Å². The van der Waals surface area contributed by atoms with Crippen molar-refractivity contribution >= 4 is 5.69 Å². The van der Waals surface area contributed by atoms with Gasteiger partial charge in [0.1, 0.15) is 0 Å². The first-order valence-electron chi connectivity index (χ1n) is 7.50. The van der Waals surface area contributed by atoms with Gasteiger partial charge >= 0.3 is 0 Å². The summed E-state index contributed by atoms with van der Waals surface area (Å²) in [5, 5.41) is 3.65. The molecule has 1 aromatic rings. The van der Waals surface area contributed by atoms with Gasteiger partial charge in [-0.1, -0.05) is 18.2 Å². The Balaban J connectivity index is 1.68. The van der Waals surface area contributed by atoms with Gasteiger partial charge in [0.15, 0.2) is 0 Å². The van der Waals surface area contributed by atoms with Crippen LogP contribution >= 0.6 is 0 Å². The van der Waals surface area contributed by atoms with Crippen LogP contribution in [0, 0.1) is 0 Å². The van der Waals surface area contributed by atoms with Crippen molar-refractivity contribution in [3.05, 3.63) is 29.8 Å². The average molecular weight is 259 g/mol. The van der Waals surface area contributed by atoms with Crippen LogP contribution in [0.3, 0.4) is 0 Å². The van der Waals surface area contributed by atoms with E-state index in [1.807, 2.05) is 0 Å². The number of aryl methyl sites for hydroxylation is 1. The van der Waals surface area contributed by atoms with E-state index in [1.54, 1.807) is 0 Å². The third-order valence-corrected chi connectivity index (χ3v) is 4.64. The number of hydrogen-bond donors (Lipinski definition) is 1. The Morgan fingerprint density at radius 1 is 1.21 bits per heavy atom. The van der Waals surface area contributed by atoms with E-state index in [0.29, 0.717) is 12.1 Å². The van der Waals surface area contributed by atoms with E-state index in [2.05, 4.69) is 53.4 Å². The molecule has 1 fully saturated rings. The van der Waals surface area contributed by atoms with Crippen LogP contribution in [0.1, 0.15) is 18.9 Å². The summed E-state index contributed by atoms with van der Waals surface area (Å²) in [6.07, 6.45) is 2.48. The number of para-hydroxylation sites is 1. The summed E-state index contributed by atoms with van der Waals surface area (Å²) in [5.74, 6) is 0. The van der Waals surface area contributed by atoms with Crippen molar-refractivity contribution in [3.8, 4) is 0 Å². The summed E-state index contributed by atoms with van der Waals surface area (Å²) in [5.41, 5.74) is 2.82. The molecule has 0 bridgehead atoms. The Morgan fingerprint density at radius 2 is 2.05 bits per heavy atom. The first-order chi connectivity index (χ1) is 9.24. The lowest BCUT2D eigenvalue weighted by Gasteiger charge is -2.42. The average Bonchev–Trinajstić information content (AvgIpc) is 2.62. The van der Waals surface area contributed by atoms with E-state index in [1.165, 1.54) is 43.7 Å². The molecule has 3 nitrogen and oxygen atoms in total. The number of benzene rings is 1. The van der Waals surface area contributed by atoms with Crippen LogP contribution in [0.4, 0.5) is 5.69 Å². The zero-order valence-corrected chi connectivity index (χ0v) is 12.1. The molecule has 1 N–H and O–H groups in total. The highest BCUT2D eigenvalue weighted by Gasteiger charge is 2.29. The van der Waals surface area contributed by atoms with E-state index in [9.17, 15) is 0 Å². The minimum atomic E-state index is 0.673. The first-order valence-corrected chi connectivity index (χ1v) is 7.50. The molecule has 0 spiro atoms. The summed E-state index contributed by atoms with van der Waals surface area (Å²) in [6.45, 7) is 7.07. The van der Waals surface area contributed by atoms with Gasteiger partial charge in [0.2, 0.25) is 0 Å². The molecule has 0 amide bonds. The fourth-order valence-corrected chi connectivity index (χ4v) is 3.54. The first kappa shape index (κ1) is 12.9. The van der Waals surface area contributed by atoms with Gasteiger partial charge in [-0.15, -0.1) is 0 Å². The van der Waals surface area contributed by atoms with Gasteiger partial charge in [-0.05, 0) is 38.4 Å². The van der Waals surface area contributed by atoms with Crippen LogP contribution in [0.2, 0.25) is 0 Å². The maximum atomic E-state index is 3.65. The summed E-state index contributed by atoms with van der Waals surface area (Å²) in [7, 11) is 2.23. The molecule has 0 aromatic heterocycles. The smallest absolute Gasteiger partial charge is 0.0373 e. The fourth-order valence-electron chi connectivity index (χ4n) is 3.54. The highest BCUT2D eigenvalue weighted by molar-refractivity contribution is 5.52. The molecule has 0 radical (unpaired) electrons. The quantitative estimate of drug-likeness (QED) is 0.833. The summed E-state index contributed by atoms with van der Waals surface area (Å²) in [6, 6.07) is 10.1. The second kappa shape index (κ2) is 5.51. The highest BCUT2D eigenvalue weighted by atomic mass is 15.3. The van der Waals surface area contributed by atoms with E-state index >= 15 is 0 Å². The Labute approximate surface area is 116 Å². The van der Waals surface area contributed by atoms with Crippen LogP contribution in [0.25, 0.3) is 0 Å². The van der Waals surface area contributed by atoms with Gasteiger partial charge in [-0.3, -0.25) is 4.90 Å². The topological polar surface area (TPSA) is 18.5 Å². The van der Waals surface area contributed by atoms with E-state index in [4.69, 9.17) is 0 Å². The Morgan fingerprint density at radius 3 is 2.89 bits per heavy atom. The van der Waals surface area contributed by atoms with Crippen molar-refractivity contribution in [2.24, 2.45) is 0 Å². The van der Waals surface area contributed by atoms with Crippen molar-refractivity contribution in [1.82, 2.24) is 9.80 Å². The second-order valence-corrected chi connectivity index (χ2v) is 6.08. The lowest BCUT2D eigenvalue weighted by atomic mass is 10.0. The molecule has 0 aliphatic carbocycles. The van der Waals surface area contributed by atoms with Crippen molar-refractivity contribution in [2.75, 3.05) is 38.5 Å². The maximum absolute atomic E-state index is 3.65. The minimum absolute atomic E-state index is 0.673. The molecule has 1 aromatic carbocycles. The zero-order valence-electron chi connectivity index (χ0n) is 12.1. The molecule has 1 saturated heterocycles. The van der Waals surface area contributed by atoms with Gasteiger partial charge in [0.25, 0.3) is 0 Å². The molecule has 2 aliphatic heterocycles. The number of anilines is 1. The monoisotopic (exact) mass is 259 g/mol. The maximum Gasteiger partial charge on any atom is 0.0373 e. The summed E-state index contributed by atoms with van der Waals surface area (Å²) < 4.78 is 0. The third kappa shape index (κ3) is 2.77. The predicted molar refractivity (Wildman–Crippen MR) is 80.7 cm³/mol. The molecule has 19 heavy (non-hydrogen) atoms. The van der Waals surface area contributed by atoms with Crippen molar-refractivity contribution in [3.63, 3.8) is 0 Å². The molecule has 2 unspecified atom stereocenters.